The molecule has 148 valence electrons. The van der Waals surface area contributed by atoms with Crippen LogP contribution in [-0.4, -0.2) is 38.1 Å². The second-order valence-electron chi connectivity index (χ2n) is 7.63. The first kappa shape index (κ1) is 18.7. The summed E-state index contributed by atoms with van der Waals surface area (Å²) in [5, 5.41) is 4.47. The van der Waals surface area contributed by atoms with Gasteiger partial charge < -0.3 is 14.5 Å². The van der Waals surface area contributed by atoms with E-state index >= 15 is 0 Å². The molecular formula is C24H23ClN2OS. The van der Waals surface area contributed by atoms with Gasteiger partial charge in [0, 0.05) is 51.9 Å². The lowest BCUT2D eigenvalue weighted by Crippen LogP contribution is -2.44. The highest BCUT2D eigenvalue weighted by Crippen LogP contribution is 2.32. The van der Waals surface area contributed by atoms with Gasteiger partial charge in [-0.1, -0.05) is 29.8 Å². The molecule has 0 amide bonds. The van der Waals surface area contributed by atoms with Gasteiger partial charge in [0.2, 0.25) is 0 Å². The van der Waals surface area contributed by atoms with Gasteiger partial charge in [0.25, 0.3) is 0 Å². The standard InChI is InChI=1S/C24H23ClN2OS/c1-26-9-11-27(12-10-26)23-4-2-3-17-5-7-20(15-22(17)23)28-16-21-14-18-13-19(25)6-8-24(18)29-21/h2-8,13-15H,9-12,16H2,1H3. The largest absolute Gasteiger partial charge is 0.488 e. The number of hydrogen-bond donors (Lipinski definition) is 0. The summed E-state index contributed by atoms with van der Waals surface area (Å²) in [6.45, 7) is 4.89. The van der Waals surface area contributed by atoms with E-state index in [2.05, 4.69) is 65.4 Å². The number of anilines is 1. The number of thiophene rings is 1. The molecule has 1 aliphatic heterocycles. The Morgan fingerprint density at radius 2 is 1.79 bits per heavy atom. The molecule has 2 heterocycles. The van der Waals surface area contributed by atoms with Crippen molar-refractivity contribution in [2.75, 3.05) is 38.1 Å². The van der Waals surface area contributed by atoms with Crippen molar-refractivity contribution in [3.63, 3.8) is 0 Å². The molecule has 0 spiro atoms. The minimum atomic E-state index is 0.569. The molecule has 29 heavy (non-hydrogen) atoms. The van der Waals surface area contributed by atoms with E-state index in [0.717, 1.165) is 37.0 Å². The zero-order chi connectivity index (χ0) is 19.8. The van der Waals surface area contributed by atoms with Crippen LogP contribution in [0.1, 0.15) is 4.88 Å². The zero-order valence-electron chi connectivity index (χ0n) is 16.4. The van der Waals surface area contributed by atoms with Crippen molar-refractivity contribution in [2.24, 2.45) is 0 Å². The predicted octanol–water partition coefficient (Wildman–Crippen LogP) is 6.04. The summed E-state index contributed by atoms with van der Waals surface area (Å²) in [4.78, 5) is 6.07. The lowest BCUT2D eigenvalue weighted by molar-refractivity contribution is 0.310. The van der Waals surface area contributed by atoms with Gasteiger partial charge in [-0.15, -0.1) is 11.3 Å². The maximum atomic E-state index is 6.17. The van der Waals surface area contributed by atoms with Crippen molar-refractivity contribution >= 4 is 49.5 Å². The number of benzene rings is 3. The molecule has 0 atom stereocenters. The third kappa shape index (κ3) is 3.93. The Kier molecular flexibility index (Phi) is 5.08. The van der Waals surface area contributed by atoms with Crippen molar-refractivity contribution in [2.45, 2.75) is 6.61 Å². The summed E-state index contributed by atoms with van der Waals surface area (Å²) >= 11 is 7.87. The molecule has 3 aromatic carbocycles. The van der Waals surface area contributed by atoms with Crippen LogP contribution in [-0.2, 0) is 6.61 Å². The van der Waals surface area contributed by atoms with Crippen molar-refractivity contribution in [3.8, 4) is 5.75 Å². The number of halogens is 1. The Labute approximate surface area is 180 Å². The Morgan fingerprint density at radius 1 is 0.931 bits per heavy atom. The number of rotatable bonds is 4. The number of likely N-dealkylation sites (N-methyl/N-ethyl adjacent to an activating group) is 1. The van der Waals surface area contributed by atoms with E-state index in [9.17, 15) is 0 Å². The third-order valence-electron chi connectivity index (χ3n) is 5.59. The fourth-order valence-corrected chi connectivity index (χ4v) is 5.08. The van der Waals surface area contributed by atoms with E-state index in [1.54, 1.807) is 11.3 Å². The van der Waals surface area contributed by atoms with Gasteiger partial charge in [-0.05, 0) is 60.3 Å². The summed E-state index contributed by atoms with van der Waals surface area (Å²) in [7, 11) is 2.19. The van der Waals surface area contributed by atoms with Gasteiger partial charge >= 0.3 is 0 Å². The van der Waals surface area contributed by atoms with E-state index in [4.69, 9.17) is 16.3 Å². The highest BCUT2D eigenvalue weighted by Gasteiger charge is 2.16. The Hall–Kier alpha value is -2.27. The highest BCUT2D eigenvalue weighted by molar-refractivity contribution is 7.19. The molecule has 0 bridgehead atoms. The minimum absolute atomic E-state index is 0.569. The molecule has 1 aliphatic rings. The lowest BCUT2D eigenvalue weighted by Gasteiger charge is -2.34. The number of ether oxygens (including phenoxy) is 1. The van der Waals surface area contributed by atoms with Gasteiger partial charge in [-0.2, -0.15) is 0 Å². The molecular weight excluding hydrogens is 400 g/mol. The first-order chi connectivity index (χ1) is 14.2. The average Bonchev–Trinajstić information content (AvgIpc) is 3.14. The monoisotopic (exact) mass is 422 g/mol. The first-order valence-corrected chi connectivity index (χ1v) is 11.1. The predicted molar refractivity (Wildman–Crippen MR) is 125 cm³/mol. The van der Waals surface area contributed by atoms with E-state index in [1.807, 2.05) is 12.1 Å². The van der Waals surface area contributed by atoms with Crippen LogP contribution in [0.15, 0.2) is 60.7 Å². The van der Waals surface area contributed by atoms with Gasteiger partial charge in [0.05, 0.1) is 0 Å². The molecule has 1 saturated heterocycles. The number of piperazine rings is 1. The summed E-state index contributed by atoms with van der Waals surface area (Å²) < 4.78 is 7.41. The van der Waals surface area contributed by atoms with Crippen LogP contribution in [0, 0.1) is 0 Å². The van der Waals surface area contributed by atoms with E-state index < -0.39 is 0 Å². The average molecular weight is 423 g/mol. The third-order valence-corrected chi connectivity index (χ3v) is 6.91. The second kappa shape index (κ2) is 7.86. The minimum Gasteiger partial charge on any atom is -0.488 e. The normalized spacial score (nSPS) is 15.3. The summed E-state index contributed by atoms with van der Waals surface area (Å²) in [6, 6.07) is 21.2. The van der Waals surface area contributed by atoms with Crippen LogP contribution < -0.4 is 9.64 Å². The van der Waals surface area contributed by atoms with Crippen molar-refractivity contribution in [1.29, 1.82) is 0 Å². The van der Waals surface area contributed by atoms with Gasteiger partial charge in [-0.3, -0.25) is 0 Å². The maximum absolute atomic E-state index is 6.17. The molecule has 1 aromatic heterocycles. The zero-order valence-corrected chi connectivity index (χ0v) is 18.0. The molecule has 0 saturated carbocycles. The molecule has 1 fully saturated rings. The molecule has 5 heteroatoms. The van der Waals surface area contributed by atoms with Crippen LogP contribution in [0.25, 0.3) is 20.9 Å². The smallest absolute Gasteiger partial charge is 0.122 e. The Morgan fingerprint density at radius 3 is 2.66 bits per heavy atom. The quantitative estimate of drug-likeness (QED) is 0.398. The SMILES string of the molecule is CN1CCN(c2cccc3ccc(OCc4cc5cc(Cl)ccc5s4)cc23)CC1. The van der Waals surface area contributed by atoms with Crippen molar-refractivity contribution < 1.29 is 4.74 Å². The summed E-state index contributed by atoms with van der Waals surface area (Å²) in [5.41, 5.74) is 1.30. The van der Waals surface area contributed by atoms with Crippen LogP contribution in [0.5, 0.6) is 5.75 Å². The van der Waals surface area contributed by atoms with E-state index in [1.165, 1.54) is 31.4 Å². The van der Waals surface area contributed by atoms with Crippen molar-refractivity contribution in [1.82, 2.24) is 4.90 Å². The van der Waals surface area contributed by atoms with Crippen molar-refractivity contribution in [3.05, 3.63) is 70.6 Å². The Bertz CT molecular complexity index is 1160. The number of hydrogen-bond acceptors (Lipinski definition) is 4. The van der Waals surface area contributed by atoms with E-state index in [-0.39, 0.29) is 0 Å². The molecule has 0 radical (unpaired) electrons. The Balaban J connectivity index is 1.39. The van der Waals surface area contributed by atoms with E-state index in [0.29, 0.717) is 6.61 Å². The van der Waals surface area contributed by atoms with Gasteiger partial charge in [0.1, 0.15) is 12.4 Å². The van der Waals surface area contributed by atoms with Crippen LogP contribution in [0.4, 0.5) is 5.69 Å². The summed E-state index contributed by atoms with van der Waals surface area (Å²) in [5.74, 6) is 0.912. The molecule has 3 nitrogen and oxygen atoms in total. The van der Waals surface area contributed by atoms with Crippen LogP contribution in [0.3, 0.4) is 0 Å². The fraction of sp³-hybridized carbons (Fsp3) is 0.250. The highest BCUT2D eigenvalue weighted by atomic mass is 35.5. The molecule has 0 aliphatic carbocycles. The lowest BCUT2D eigenvalue weighted by atomic mass is 10.1. The number of fused-ring (bicyclic) bond motifs is 2. The second-order valence-corrected chi connectivity index (χ2v) is 9.24. The topological polar surface area (TPSA) is 15.7 Å². The molecule has 0 unspecified atom stereocenters. The van der Waals surface area contributed by atoms with Crippen LogP contribution in [0.2, 0.25) is 5.02 Å². The van der Waals surface area contributed by atoms with Crippen LogP contribution >= 0.6 is 22.9 Å². The van der Waals surface area contributed by atoms with Gasteiger partial charge in [0.15, 0.2) is 0 Å². The maximum Gasteiger partial charge on any atom is 0.122 e. The molecule has 0 N–H and O–H groups in total. The fourth-order valence-electron chi connectivity index (χ4n) is 3.94. The first-order valence-electron chi connectivity index (χ1n) is 9.93. The number of nitrogens with zero attached hydrogens (tertiary/aromatic N) is 2. The van der Waals surface area contributed by atoms with Gasteiger partial charge in [-0.25, -0.2) is 0 Å². The summed E-state index contributed by atoms with van der Waals surface area (Å²) in [6.07, 6.45) is 0. The molecule has 4 aromatic rings. The molecule has 5 rings (SSSR count).